The Morgan fingerprint density at radius 1 is 1.30 bits per heavy atom. The highest BCUT2D eigenvalue weighted by molar-refractivity contribution is 14.0. The third kappa shape index (κ3) is 7.58. The molecule has 2 N–H and O–H groups in total. The number of halogens is 3. The first-order chi connectivity index (χ1) is 14.1. The van der Waals surface area contributed by atoms with Crippen molar-refractivity contribution in [1.82, 2.24) is 15.1 Å². The number of ether oxygens (including phenoxy) is 1. The molecule has 0 aromatic heterocycles. The number of guanidine groups is 1. The average molecular weight is 571 g/mol. The standard InChI is InChI=1S/C21H32Cl2N4O2.HI/c1-2-24-21(27-11-8-16(14-27)13-26-9-3-4-10-26)25-12-17(28)15-29-19-7-5-6-18(22)20(19)23;/h5-7,16-17,28H,2-4,8-15H2,1H3,(H,24,25);1H. The maximum atomic E-state index is 10.3. The molecule has 1 aromatic rings. The van der Waals surface area contributed by atoms with E-state index in [1.54, 1.807) is 18.2 Å². The molecule has 6 nitrogen and oxygen atoms in total. The van der Waals surface area contributed by atoms with E-state index in [9.17, 15) is 5.11 Å². The van der Waals surface area contributed by atoms with Crippen LogP contribution >= 0.6 is 47.2 Å². The lowest BCUT2D eigenvalue weighted by Gasteiger charge is -2.23. The van der Waals surface area contributed by atoms with Crippen molar-refractivity contribution in [2.45, 2.75) is 32.3 Å². The molecular formula is C21H33Cl2IN4O2. The fraction of sp³-hybridized carbons (Fsp3) is 0.667. The third-order valence-corrected chi connectivity index (χ3v) is 6.24. The molecule has 30 heavy (non-hydrogen) atoms. The fourth-order valence-electron chi connectivity index (χ4n) is 3.96. The third-order valence-electron chi connectivity index (χ3n) is 5.43. The second-order valence-electron chi connectivity index (χ2n) is 7.82. The van der Waals surface area contributed by atoms with Crippen molar-refractivity contribution in [1.29, 1.82) is 0 Å². The van der Waals surface area contributed by atoms with E-state index in [0.29, 0.717) is 21.7 Å². The molecule has 170 valence electrons. The van der Waals surface area contributed by atoms with Crippen molar-refractivity contribution < 1.29 is 9.84 Å². The molecule has 0 amide bonds. The number of nitrogens with one attached hydrogen (secondary N) is 1. The van der Waals surface area contributed by atoms with Gasteiger partial charge in [-0.15, -0.1) is 24.0 Å². The Bertz CT molecular complexity index is 689. The average Bonchev–Trinajstić information content (AvgIpc) is 3.39. The zero-order chi connectivity index (χ0) is 20.6. The highest BCUT2D eigenvalue weighted by Gasteiger charge is 2.27. The number of hydrogen-bond donors (Lipinski definition) is 2. The van der Waals surface area contributed by atoms with Gasteiger partial charge in [0, 0.05) is 26.2 Å². The van der Waals surface area contributed by atoms with Crippen LogP contribution in [-0.2, 0) is 0 Å². The molecule has 2 unspecified atom stereocenters. The molecule has 2 fully saturated rings. The largest absolute Gasteiger partial charge is 0.489 e. The van der Waals surface area contributed by atoms with E-state index in [1.165, 1.54) is 38.9 Å². The molecule has 9 heteroatoms. The van der Waals surface area contributed by atoms with E-state index >= 15 is 0 Å². The fourth-order valence-corrected chi connectivity index (χ4v) is 4.30. The van der Waals surface area contributed by atoms with Gasteiger partial charge >= 0.3 is 0 Å². The normalized spacial score (nSPS) is 20.9. The van der Waals surface area contributed by atoms with Gasteiger partial charge in [0.1, 0.15) is 23.5 Å². The van der Waals surface area contributed by atoms with Gasteiger partial charge in [0.2, 0.25) is 0 Å². The Morgan fingerprint density at radius 3 is 2.80 bits per heavy atom. The van der Waals surface area contributed by atoms with Crippen LogP contribution in [-0.4, -0.2) is 79.4 Å². The molecule has 0 aliphatic carbocycles. The first kappa shape index (κ1) is 25.8. The maximum Gasteiger partial charge on any atom is 0.194 e. The zero-order valence-corrected chi connectivity index (χ0v) is 21.4. The van der Waals surface area contributed by atoms with Crippen molar-refractivity contribution in [3.63, 3.8) is 0 Å². The topological polar surface area (TPSA) is 60.3 Å². The highest BCUT2D eigenvalue weighted by Crippen LogP contribution is 2.31. The van der Waals surface area contributed by atoms with Crippen LogP contribution in [0.1, 0.15) is 26.2 Å². The molecule has 2 saturated heterocycles. The first-order valence-corrected chi connectivity index (χ1v) is 11.3. The Kier molecular flexibility index (Phi) is 11.3. The Morgan fingerprint density at radius 2 is 2.07 bits per heavy atom. The van der Waals surface area contributed by atoms with E-state index in [0.717, 1.165) is 25.6 Å². The van der Waals surface area contributed by atoms with Gasteiger partial charge in [-0.1, -0.05) is 29.3 Å². The summed E-state index contributed by atoms with van der Waals surface area (Å²) in [4.78, 5) is 9.54. The molecule has 2 atom stereocenters. The van der Waals surface area contributed by atoms with Crippen LogP contribution in [0.4, 0.5) is 0 Å². The number of aliphatic hydroxyl groups excluding tert-OH is 1. The van der Waals surface area contributed by atoms with Crippen LogP contribution in [0.25, 0.3) is 0 Å². The minimum Gasteiger partial charge on any atom is -0.489 e. The summed E-state index contributed by atoms with van der Waals surface area (Å²) in [6.45, 7) is 8.95. The smallest absolute Gasteiger partial charge is 0.194 e. The number of aliphatic hydroxyl groups is 1. The van der Waals surface area contributed by atoms with Gasteiger partial charge in [0.05, 0.1) is 11.6 Å². The van der Waals surface area contributed by atoms with Gasteiger partial charge in [-0.2, -0.15) is 0 Å². The van der Waals surface area contributed by atoms with Gasteiger partial charge in [-0.25, -0.2) is 0 Å². The van der Waals surface area contributed by atoms with E-state index in [4.69, 9.17) is 27.9 Å². The number of likely N-dealkylation sites (tertiary alicyclic amines) is 2. The first-order valence-electron chi connectivity index (χ1n) is 10.6. The van der Waals surface area contributed by atoms with Crippen LogP contribution in [0.3, 0.4) is 0 Å². The second kappa shape index (κ2) is 13.2. The summed E-state index contributed by atoms with van der Waals surface area (Å²) >= 11 is 12.1. The predicted octanol–water partition coefficient (Wildman–Crippen LogP) is 3.73. The quantitative estimate of drug-likeness (QED) is 0.283. The van der Waals surface area contributed by atoms with Gasteiger partial charge < -0.3 is 25.0 Å². The lowest BCUT2D eigenvalue weighted by Crippen LogP contribution is -2.41. The molecule has 0 radical (unpaired) electrons. The van der Waals surface area contributed by atoms with Crippen molar-refractivity contribution in [2.24, 2.45) is 10.9 Å². The van der Waals surface area contributed by atoms with Crippen LogP contribution in [0.15, 0.2) is 23.2 Å². The van der Waals surface area contributed by atoms with E-state index in [2.05, 4.69) is 27.0 Å². The van der Waals surface area contributed by atoms with E-state index < -0.39 is 6.10 Å². The zero-order valence-electron chi connectivity index (χ0n) is 17.5. The van der Waals surface area contributed by atoms with Crippen molar-refractivity contribution in [2.75, 3.05) is 52.4 Å². The number of hydrogen-bond acceptors (Lipinski definition) is 4. The van der Waals surface area contributed by atoms with Crippen LogP contribution in [0, 0.1) is 5.92 Å². The SMILES string of the molecule is CCNC(=NCC(O)COc1cccc(Cl)c1Cl)N1CCC(CN2CCCC2)C1.I. The minimum atomic E-state index is -0.721. The molecule has 0 spiro atoms. The molecule has 2 heterocycles. The van der Waals surface area contributed by atoms with Crippen LogP contribution < -0.4 is 10.1 Å². The van der Waals surface area contributed by atoms with Crippen LogP contribution in [0.5, 0.6) is 5.75 Å². The monoisotopic (exact) mass is 570 g/mol. The van der Waals surface area contributed by atoms with Crippen molar-refractivity contribution in [3.8, 4) is 5.75 Å². The van der Waals surface area contributed by atoms with Gasteiger partial charge in [0.15, 0.2) is 5.96 Å². The van der Waals surface area contributed by atoms with Crippen molar-refractivity contribution >= 4 is 53.1 Å². The number of aliphatic imine (C=N–C) groups is 1. The Labute approximate surface area is 207 Å². The highest BCUT2D eigenvalue weighted by atomic mass is 127. The summed E-state index contributed by atoms with van der Waals surface area (Å²) < 4.78 is 5.61. The summed E-state index contributed by atoms with van der Waals surface area (Å²) in [6, 6.07) is 5.20. The van der Waals surface area contributed by atoms with Crippen LogP contribution in [0.2, 0.25) is 10.0 Å². The maximum absolute atomic E-state index is 10.3. The molecule has 2 aliphatic rings. The molecule has 0 bridgehead atoms. The molecule has 0 saturated carbocycles. The summed E-state index contributed by atoms with van der Waals surface area (Å²) in [5.41, 5.74) is 0. The lowest BCUT2D eigenvalue weighted by atomic mass is 10.1. The van der Waals surface area contributed by atoms with E-state index in [-0.39, 0.29) is 37.1 Å². The van der Waals surface area contributed by atoms with Gasteiger partial charge in [0.25, 0.3) is 0 Å². The number of benzene rings is 1. The summed E-state index contributed by atoms with van der Waals surface area (Å²) in [5.74, 6) is 2.03. The second-order valence-corrected chi connectivity index (χ2v) is 8.61. The lowest BCUT2D eigenvalue weighted by molar-refractivity contribution is 0.114. The Hall–Kier alpha value is -0.480. The molecule has 1 aromatic carbocycles. The summed E-state index contributed by atoms with van der Waals surface area (Å²) in [5, 5.41) is 14.5. The summed E-state index contributed by atoms with van der Waals surface area (Å²) in [7, 11) is 0. The minimum absolute atomic E-state index is 0. The van der Waals surface area contributed by atoms with Crippen molar-refractivity contribution in [3.05, 3.63) is 28.2 Å². The molecule has 2 aliphatic heterocycles. The van der Waals surface area contributed by atoms with Gasteiger partial charge in [-0.3, -0.25) is 4.99 Å². The summed E-state index contributed by atoms with van der Waals surface area (Å²) in [6.07, 6.45) is 3.14. The number of rotatable bonds is 8. The predicted molar refractivity (Wildman–Crippen MR) is 135 cm³/mol. The Balaban J connectivity index is 0.00000320. The van der Waals surface area contributed by atoms with Gasteiger partial charge in [-0.05, 0) is 57.3 Å². The number of nitrogens with zero attached hydrogens (tertiary/aromatic N) is 3. The molecular weight excluding hydrogens is 538 g/mol. The van der Waals surface area contributed by atoms with E-state index in [1.807, 2.05) is 0 Å². The molecule has 3 rings (SSSR count).